The van der Waals surface area contributed by atoms with Gasteiger partial charge in [-0.2, -0.15) is 4.98 Å². The Balaban J connectivity index is 0.00000256. The molecule has 1 amide bonds. The quantitative estimate of drug-likeness (QED) is 0.640. The van der Waals surface area contributed by atoms with Crippen molar-refractivity contribution in [1.82, 2.24) is 10.1 Å². The molecule has 1 atom stereocenters. The SMILES string of the molecule is COc1ccc(N2CC(c3nc(-c4ccc(CN)cc4)no3)CC2=O)c(OC)c1.Cl. The van der Waals surface area contributed by atoms with Crippen LogP contribution in [0.15, 0.2) is 47.0 Å². The fourth-order valence-electron chi connectivity index (χ4n) is 3.42. The maximum atomic E-state index is 12.7. The van der Waals surface area contributed by atoms with Gasteiger partial charge in [0.2, 0.25) is 17.6 Å². The summed E-state index contributed by atoms with van der Waals surface area (Å²) in [7, 11) is 3.15. The van der Waals surface area contributed by atoms with E-state index in [0.717, 1.165) is 11.1 Å². The lowest BCUT2D eigenvalue weighted by molar-refractivity contribution is -0.117. The number of methoxy groups -OCH3 is 2. The predicted molar refractivity (Wildman–Crippen MR) is 114 cm³/mol. The number of amides is 1. The predicted octanol–water partition coefficient (Wildman–Crippen LogP) is 3.15. The largest absolute Gasteiger partial charge is 0.497 e. The lowest BCUT2D eigenvalue weighted by Crippen LogP contribution is -2.24. The standard InChI is InChI=1S/C21H22N4O4.ClH/c1-27-16-7-8-17(18(10-16)28-2)25-12-15(9-19(25)26)21-23-20(24-29-21)14-5-3-13(11-22)4-6-14;/h3-8,10,15H,9,11-12,22H2,1-2H3;1H. The van der Waals surface area contributed by atoms with Gasteiger partial charge in [-0.15, -0.1) is 12.4 Å². The number of ether oxygens (including phenoxy) is 2. The van der Waals surface area contributed by atoms with Crippen molar-refractivity contribution in [2.24, 2.45) is 5.73 Å². The fraction of sp³-hybridized carbons (Fsp3) is 0.286. The molecule has 8 nitrogen and oxygen atoms in total. The molecule has 2 aromatic carbocycles. The summed E-state index contributed by atoms with van der Waals surface area (Å²) >= 11 is 0. The van der Waals surface area contributed by atoms with Gasteiger partial charge in [0.15, 0.2) is 0 Å². The Morgan fingerprint density at radius 3 is 2.60 bits per heavy atom. The van der Waals surface area contributed by atoms with Crippen LogP contribution in [-0.4, -0.2) is 36.8 Å². The van der Waals surface area contributed by atoms with E-state index in [4.69, 9.17) is 19.7 Å². The number of aromatic nitrogens is 2. The van der Waals surface area contributed by atoms with Gasteiger partial charge in [-0.25, -0.2) is 0 Å². The third-order valence-electron chi connectivity index (χ3n) is 5.04. The first-order valence-corrected chi connectivity index (χ1v) is 9.28. The van der Waals surface area contributed by atoms with Gasteiger partial charge in [0.1, 0.15) is 11.5 Å². The Kier molecular flexibility index (Phi) is 6.59. The summed E-state index contributed by atoms with van der Waals surface area (Å²) in [6.45, 7) is 0.919. The van der Waals surface area contributed by atoms with Crippen LogP contribution in [0.25, 0.3) is 11.4 Å². The summed E-state index contributed by atoms with van der Waals surface area (Å²) in [6.07, 6.45) is 0.295. The molecule has 0 bridgehead atoms. The molecule has 1 fully saturated rings. The Morgan fingerprint density at radius 2 is 1.93 bits per heavy atom. The van der Waals surface area contributed by atoms with Gasteiger partial charge in [-0.3, -0.25) is 4.79 Å². The average molecular weight is 431 g/mol. The molecule has 4 rings (SSSR count). The Labute approximate surface area is 180 Å². The average Bonchev–Trinajstić information content (AvgIpc) is 3.40. The Hall–Kier alpha value is -3.10. The molecule has 1 aliphatic rings. The monoisotopic (exact) mass is 430 g/mol. The van der Waals surface area contributed by atoms with Crippen LogP contribution in [0.3, 0.4) is 0 Å². The van der Waals surface area contributed by atoms with Crippen molar-refractivity contribution in [3.8, 4) is 22.9 Å². The van der Waals surface area contributed by atoms with Crippen LogP contribution < -0.4 is 20.1 Å². The van der Waals surface area contributed by atoms with E-state index in [0.29, 0.717) is 48.4 Å². The van der Waals surface area contributed by atoms with Crippen LogP contribution in [0.1, 0.15) is 23.8 Å². The number of anilines is 1. The van der Waals surface area contributed by atoms with Crippen LogP contribution in [0, 0.1) is 0 Å². The van der Waals surface area contributed by atoms with Crippen molar-refractivity contribution in [1.29, 1.82) is 0 Å². The third-order valence-corrected chi connectivity index (χ3v) is 5.04. The number of nitrogens with zero attached hydrogens (tertiary/aromatic N) is 3. The van der Waals surface area contributed by atoms with Crippen LogP contribution in [0.4, 0.5) is 5.69 Å². The highest BCUT2D eigenvalue weighted by atomic mass is 35.5. The summed E-state index contributed by atoms with van der Waals surface area (Å²) < 4.78 is 16.1. The molecule has 0 spiro atoms. The third kappa shape index (κ3) is 4.10. The number of nitrogens with two attached hydrogens (primary N) is 1. The lowest BCUT2D eigenvalue weighted by atomic mass is 10.1. The van der Waals surface area contributed by atoms with Crippen LogP contribution in [-0.2, 0) is 11.3 Å². The van der Waals surface area contributed by atoms with E-state index in [1.807, 2.05) is 30.3 Å². The molecular weight excluding hydrogens is 408 g/mol. The van der Waals surface area contributed by atoms with Crippen LogP contribution >= 0.6 is 12.4 Å². The Morgan fingerprint density at radius 1 is 1.17 bits per heavy atom. The summed E-state index contributed by atoms with van der Waals surface area (Å²) in [5.41, 5.74) is 8.20. The minimum absolute atomic E-state index is 0. The van der Waals surface area contributed by atoms with Crippen molar-refractivity contribution in [3.05, 3.63) is 53.9 Å². The van der Waals surface area contributed by atoms with Gasteiger partial charge in [-0.05, 0) is 17.7 Å². The summed E-state index contributed by atoms with van der Waals surface area (Å²) in [5.74, 6) is 1.98. The molecule has 2 heterocycles. The zero-order chi connectivity index (χ0) is 20.4. The van der Waals surface area contributed by atoms with Crippen LogP contribution in [0.5, 0.6) is 11.5 Å². The highest BCUT2D eigenvalue weighted by Crippen LogP contribution is 2.38. The molecule has 0 radical (unpaired) electrons. The summed E-state index contributed by atoms with van der Waals surface area (Å²) in [5, 5.41) is 4.08. The van der Waals surface area contributed by atoms with E-state index in [2.05, 4.69) is 10.1 Å². The zero-order valence-corrected chi connectivity index (χ0v) is 17.5. The first-order valence-electron chi connectivity index (χ1n) is 9.28. The molecule has 30 heavy (non-hydrogen) atoms. The molecule has 0 aliphatic carbocycles. The fourth-order valence-corrected chi connectivity index (χ4v) is 3.42. The van der Waals surface area contributed by atoms with E-state index in [1.54, 1.807) is 31.3 Å². The van der Waals surface area contributed by atoms with Gasteiger partial charge in [0.25, 0.3) is 0 Å². The molecule has 1 aliphatic heterocycles. The van der Waals surface area contributed by atoms with E-state index in [9.17, 15) is 4.79 Å². The normalized spacial score (nSPS) is 15.8. The van der Waals surface area contributed by atoms with Gasteiger partial charge >= 0.3 is 0 Å². The molecular formula is C21H23ClN4O4. The zero-order valence-electron chi connectivity index (χ0n) is 16.7. The smallest absolute Gasteiger partial charge is 0.232 e. The van der Waals surface area contributed by atoms with E-state index in [1.165, 1.54) is 0 Å². The van der Waals surface area contributed by atoms with Crippen molar-refractivity contribution < 1.29 is 18.8 Å². The van der Waals surface area contributed by atoms with Gasteiger partial charge in [-0.1, -0.05) is 29.4 Å². The molecule has 158 valence electrons. The number of halogens is 1. The highest BCUT2D eigenvalue weighted by Gasteiger charge is 2.36. The maximum Gasteiger partial charge on any atom is 0.232 e. The Bertz CT molecular complexity index is 1020. The first-order chi connectivity index (χ1) is 14.1. The highest BCUT2D eigenvalue weighted by molar-refractivity contribution is 5.97. The van der Waals surface area contributed by atoms with Gasteiger partial charge in [0.05, 0.1) is 25.8 Å². The number of hydrogen-bond donors (Lipinski definition) is 1. The van der Waals surface area contributed by atoms with Crippen molar-refractivity contribution in [2.75, 3.05) is 25.7 Å². The number of carbonyl (C=O) groups is 1. The number of hydrogen-bond acceptors (Lipinski definition) is 7. The topological polar surface area (TPSA) is 104 Å². The molecule has 0 saturated carbocycles. The maximum absolute atomic E-state index is 12.7. The molecule has 1 saturated heterocycles. The van der Waals surface area contributed by atoms with Crippen molar-refractivity contribution in [2.45, 2.75) is 18.9 Å². The molecule has 1 unspecified atom stereocenters. The van der Waals surface area contributed by atoms with Gasteiger partial charge in [0, 0.05) is 31.1 Å². The van der Waals surface area contributed by atoms with E-state index in [-0.39, 0.29) is 24.2 Å². The lowest BCUT2D eigenvalue weighted by Gasteiger charge is -2.19. The summed E-state index contributed by atoms with van der Waals surface area (Å²) in [4.78, 5) is 18.9. The molecule has 2 N–H and O–H groups in total. The molecule has 9 heteroatoms. The molecule has 3 aromatic rings. The van der Waals surface area contributed by atoms with E-state index < -0.39 is 0 Å². The molecule has 1 aromatic heterocycles. The minimum atomic E-state index is -0.182. The van der Waals surface area contributed by atoms with Crippen LogP contribution in [0.2, 0.25) is 0 Å². The van der Waals surface area contributed by atoms with Gasteiger partial charge < -0.3 is 24.6 Å². The number of benzene rings is 2. The first kappa shape index (κ1) is 21.6. The number of rotatable bonds is 6. The van der Waals surface area contributed by atoms with Crippen molar-refractivity contribution >= 4 is 24.0 Å². The van der Waals surface area contributed by atoms with E-state index >= 15 is 0 Å². The summed E-state index contributed by atoms with van der Waals surface area (Å²) in [6, 6.07) is 13.1. The second-order valence-corrected chi connectivity index (χ2v) is 6.80. The minimum Gasteiger partial charge on any atom is -0.497 e. The second kappa shape index (κ2) is 9.15. The second-order valence-electron chi connectivity index (χ2n) is 6.80. The number of carbonyl (C=O) groups excluding carboxylic acids is 1. The van der Waals surface area contributed by atoms with Crippen molar-refractivity contribution in [3.63, 3.8) is 0 Å².